The number of piperidine rings is 3. The summed E-state index contributed by atoms with van der Waals surface area (Å²) < 4.78 is 0. The van der Waals surface area contributed by atoms with E-state index < -0.39 is 0 Å². The zero-order chi connectivity index (χ0) is 16.1. The van der Waals surface area contributed by atoms with Gasteiger partial charge in [0.05, 0.1) is 6.04 Å². The van der Waals surface area contributed by atoms with E-state index in [0.29, 0.717) is 23.9 Å². The van der Waals surface area contributed by atoms with Gasteiger partial charge in [-0.1, -0.05) is 30.3 Å². The Kier molecular flexibility index (Phi) is 3.27. The fourth-order valence-corrected chi connectivity index (χ4v) is 5.27. The first kappa shape index (κ1) is 14.3. The van der Waals surface area contributed by atoms with E-state index in [0.717, 1.165) is 12.2 Å². The van der Waals surface area contributed by atoms with E-state index >= 15 is 0 Å². The summed E-state index contributed by atoms with van der Waals surface area (Å²) in [5, 5.41) is 0. The summed E-state index contributed by atoms with van der Waals surface area (Å²) in [6.45, 7) is 3.23. The fraction of sp³-hybridized carbons (Fsp3) is 0.450. The highest BCUT2D eigenvalue weighted by Gasteiger charge is 2.54. The molecule has 0 spiro atoms. The molecule has 1 aromatic carbocycles. The Morgan fingerprint density at radius 2 is 1.79 bits per heavy atom. The van der Waals surface area contributed by atoms with Crippen LogP contribution in [0.15, 0.2) is 48.7 Å². The number of carbonyl (C=O) groups is 1. The van der Waals surface area contributed by atoms with Crippen LogP contribution in [0.4, 0.5) is 0 Å². The van der Waals surface area contributed by atoms with Crippen molar-refractivity contribution in [3.63, 3.8) is 0 Å². The van der Waals surface area contributed by atoms with Crippen molar-refractivity contribution in [3.8, 4) is 0 Å². The molecule has 4 saturated heterocycles. The first-order valence-electron chi connectivity index (χ1n) is 9.06. The number of aromatic amines is 1. The van der Waals surface area contributed by atoms with Crippen molar-refractivity contribution < 1.29 is 4.79 Å². The lowest BCUT2D eigenvalue weighted by atomic mass is 9.75. The Bertz CT molecular complexity index is 719. The summed E-state index contributed by atoms with van der Waals surface area (Å²) in [6.07, 6.45) is 4.31. The Labute approximate surface area is 142 Å². The molecule has 2 bridgehead atoms. The number of nitrogens with one attached hydrogen (secondary N) is 1. The van der Waals surface area contributed by atoms with Crippen LogP contribution in [0, 0.1) is 5.92 Å². The molecule has 4 aliphatic rings. The second kappa shape index (κ2) is 5.49. The number of hydrogen-bond acceptors (Lipinski definition) is 2. The number of benzene rings is 1. The molecule has 124 valence electrons. The summed E-state index contributed by atoms with van der Waals surface area (Å²) >= 11 is 0. The number of nitrogens with zero attached hydrogens (tertiary/aromatic N) is 2. The second-order valence-electron chi connectivity index (χ2n) is 7.41. The van der Waals surface area contributed by atoms with Crippen molar-refractivity contribution in [3.05, 3.63) is 59.9 Å². The molecule has 0 aliphatic carbocycles. The van der Waals surface area contributed by atoms with Gasteiger partial charge >= 0.3 is 0 Å². The standard InChI is InChI=1S/C20H23N3O/c24-20(17-7-4-10-21-17)23-13-16(14-5-2-1-3-6-14)19-18(23)15-8-11-22(19)12-9-15/h1-7,10,15-16,18-19,21H,8-9,11-13H2/t16-,18+,19+/m0/s1. The van der Waals surface area contributed by atoms with Gasteiger partial charge in [-0.25, -0.2) is 0 Å². The molecule has 0 saturated carbocycles. The number of fused-ring (bicyclic) bond motifs is 2. The predicted octanol–water partition coefficient (Wildman–Crippen LogP) is 2.72. The summed E-state index contributed by atoms with van der Waals surface area (Å²) in [5.74, 6) is 1.26. The molecular formula is C20H23N3O. The summed E-state index contributed by atoms with van der Waals surface area (Å²) in [4.78, 5) is 21.0. The van der Waals surface area contributed by atoms with Crippen LogP contribution in [0.5, 0.6) is 0 Å². The third kappa shape index (κ3) is 2.06. The summed E-state index contributed by atoms with van der Waals surface area (Å²) in [5.41, 5.74) is 2.10. The molecule has 4 nitrogen and oxygen atoms in total. The lowest BCUT2D eigenvalue weighted by molar-refractivity contribution is -0.00356. The molecular weight excluding hydrogens is 298 g/mol. The molecule has 3 atom stereocenters. The number of hydrogen-bond donors (Lipinski definition) is 1. The van der Waals surface area contributed by atoms with Gasteiger partial charge in [-0.2, -0.15) is 0 Å². The van der Waals surface area contributed by atoms with Crippen molar-refractivity contribution in [2.45, 2.75) is 30.8 Å². The van der Waals surface area contributed by atoms with E-state index in [2.05, 4.69) is 45.1 Å². The van der Waals surface area contributed by atoms with E-state index in [-0.39, 0.29) is 5.91 Å². The van der Waals surface area contributed by atoms with Gasteiger partial charge in [0, 0.05) is 24.7 Å². The van der Waals surface area contributed by atoms with Crippen LogP contribution in [0.1, 0.15) is 34.8 Å². The zero-order valence-corrected chi connectivity index (χ0v) is 13.8. The normalized spacial score (nSPS) is 34.3. The Hall–Kier alpha value is -2.07. The van der Waals surface area contributed by atoms with Gasteiger partial charge in [-0.05, 0) is 49.5 Å². The minimum absolute atomic E-state index is 0.169. The van der Waals surface area contributed by atoms with Crippen LogP contribution in [-0.2, 0) is 0 Å². The predicted molar refractivity (Wildman–Crippen MR) is 92.9 cm³/mol. The molecule has 1 N–H and O–H groups in total. The molecule has 24 heavy (non-hydrogen) atoms. The van der Waals surface area contributed by atoms with E-state index in [1.807, 2.05) is 18.3 Å². The smallest absolute Gasteiger partial charge is 0.270 e. The van der Waals surface area contributed by atoms with Gasteiger partial charge in [0.25, 0.3) is 5.91 Å². The van der Waals surface area contributed by atoms with Gasteiger partial charge in [0.15, 0.2) is 0 Å². The summed E-state index contributed by atoms with van der Waals surface area (Å²) in [7, 11) is 0. The minimum atomic E-state index is 0.169. The number of H-pyrrole nitrogens is 1. The van der Waals surface area contributed by atoms with Crippen LogP contribution in [-0.4, -0.2) is 52.4 Å². The van der Waals surface area contributed by atoms with Crippen molar-refractivity contribution in [1.82, 2.24) is 14.8 Å². The van der Waals surface area contributed by atoms with Gasteiger partial charge in [-0.15, -0.1) is 0 Å². The first-order chi connectivity index (χ1) is 11.8. The Balaban J connectivity index is 1.54. The summed E-state index contributed by atoms with van der Waals surface area (Å²) in [6, 6.07) is 15.4. The average molecular weight is 321 g/mol. The topological polar surface area (TPSA) is 39.3 Å². The number of amides is 1. The number of aromatic nitrogens is 1. The quantitative estimate of drug-likeness (QED) is 0.924. The van der Waals surface area contributed by atoms with E-state index in [4.69, 9.17) is 0 Å². The third-order valence-corrected chi connectivity index (χ3v) is 6.31. The zero-order valence-electron chi connectivity index (χ0n) is 13.8. The lowest BCUT2D eigenvalue weighted by Crippen LogP contribution is -2.60. The molecule has 0 radical (unpaired) electrons. The third-order valence-electron chi connectivity index (χ3n) is 6.31. The first-order valence-corrected chi connectivity index (χ1v) is 9.06. The van der Waals surface area contributed by atoms with Crippen molar-refractivity contribution >= 4 is 5.91 Å². The molecule has 4 heteroatoms. The molecule has 1 aromatic heterocycles. The average Bonchev–Trinajstić information content (AvgIpc) is 3.32. The van der Waals surface area contributed by atoms with Crippen LogP contribution in [0.3, 0.4) is 0 Å². The lowest BCUT2D eigenvalue weighted by Gasteiger charge is -2.51. The molecule has 1 amide bonds. The van der Waals surface area contributed by atoms with Crippen LogP contribution < -0.4 is 0 Å². The molecule has 2 aromatic rings. The van der Waals surface area contributed by atoms with Crippen LogP contribution >= 0.6 is 0 Å². The molecule has 6 rings (SSSR count). The Morgan fingerprint density at radius 3 is 2.50 bits per heavy atom. The van der Waals surface area contributed by atoms with Crippen LogP contribution in [0.2, 0.25) is 0 Å². The number of rotatable bonds is 2. The van der Waals surface area contributed by atoms with Crippen molar-refractivity contribution in [2.24, 2.45) is 5.92 Å². The number of carbonyl (C=O) groups excluding carboxylic acids is 1. The maximum absolute atomic E-state index is 13.1. The minimum Gasteiger partial charge on any atom is -0.357 e. The molecule has 5 heterocycles. The largest absolute Gasteiger partial charge is 0.357 e. The molecule has 0 unspecified atom stereocenters. The maximum Gasteiger partial charge on any atom is 0.270 e. The fourth-order valence-electron chi connectivity index (χ4n) is 5.27. The van der Waals surface area contributed by atoms with Gasteiger partial charge in [0.2, 0.25) is 0 Å². The SMILES string of the molecule is O=C(c1ccc[nH]1)N1C[C@@H](c2ccccc2)[C@@H]2[C@H]1C1CCN2CC1. The monoisotopic (exact) mass is 321 g/mol. The molecule has 4 aliphatic heterocycles. The van der Waals surface area contributed by atoms with Crippen molar-refractivity contribution in [2.75, 3.05) is 19.6 Å². The maximum atomic E-state index is 13.1. The number of likely N-dealkylation sites (tertiary alicyclic amines) is 1. The highest BCUT2D eigenvalue weighted by Crippen LogP contribution is 2.46. The highest BCUT2D eigenvalue weighted by atomic mass is 16.2. The van der Waals surface area contributed by atoms with E-state index in [1.54, 1.807) is 0 Å². The van der Waals surface area contributed by atoms with Gasteiger partial charge in [0.1, 0.15) is 5.69 Å². The van der Waals surface area contributed by atoms with Crippen LogP contribution in [0.25, 0.3) is 0 Å². The van der Waals surface area contributed by atoms with E-state index in [9.17, 15) is 4.79 Å². The van der Waals surface area contributed by atoms with Gasteiger partial charge < -0.3 is 9.88 Å². The molecule has 4 fully saturated rings. The van der Waals surface area contributed by atoms with Crippen molar-refractivity contribution in [1.29, 1.82) is 0 Å². The highest BCUT2D eigenvalue weighted by molar-refractivity contribution is 5.93. The Morgan fingerprint density at radius 1 is 1.00 bits per heavy atom. The van der Waals surface area contributed by atoms with Gasteiger partial charge in [-0.3, -0.25) is 9.69 Å². The second-order valence-corrected chi connectivity index (χ2v) is 7.41. The van der Waals surface area contributed by atoms with E-state index in [1.165, 1.54) is 31.5 Å².